The summed E-state index contributed by atoms with van der Waals surface area (Å²) >= 11 is 0. The molecule has 0 aliphatic rings. The van der Waals surface area contributed by atoms with E-state index in [4.69, 9.17) is 11.6 Å². The van der Waals surface area contributed by atoms with Crippen LogP contribution in [0.2, 0.25) is 0 Å². The molecule has 0 heterocycles. The maximum Gasteiger partial charge on any atom is 0.235 e. The number of hydrogen-bond acceptors (Lipinski definition) is 3. The molecule has 1 aromatic rings. The van der Waals surface area contributed by atoms with Gasteiger partial charge in [-0.05, 0) is 55.5 Å². The highest BCUT2D eigenvalue weighted by molar-refractivity contribution is 5.76. The van der Waals surface area contributed by atoms with E-state index in [0.717, 1.165) is 16.7 Å². The minimum absolute atomic E-state index is 0.209. The summed E-state index contributed by atoms with van der Waals surface area (Å²) in [5.41, 5.74) is 14.0. The molecule has 0 saturated carbocycles. The van der Waals surface area contributed by atoms with Gasteiger partial charge in [-0.1, -0.05) is 6.07 Å². The van der Waals surface area contributed by atoms with Gasteiger partial charge in [0.1, 0.15) is 0 Å². The van der Waals surface area contributed by atoms with Crippen molar-refractivity contribution in [2.45, 2.75) is 40.2 Å². The second-order valence-corrected chi connectivity index (χ2v) is 4.55. The molecule has 17 heavy (non-hydrogen) atoms. The molecular weight excluding hydrogens is 214 g/mol. The number of nitrogens with one attached hydrogen (secondary N) is 1. The van der Waals surface area contributed by atoms with Crippen molar-refractivity contribution in [3.05, 3.63) is 33.9 Å². The van der Waals surface area contributed by atoms with E-state index in [1.807, 2.05) is 13.8 Å². The van der Waals surface area contributed by atoms with Crippen LogP contribution in [-0.2, 0) is 4.79 Å². The van der Waals surface area contributed by atoms with Gasteiger partial charge >= 0.3 is 0 Å². The maximum atomic E-state index is 11.3. The summed E-state index contributed by atoms with van der Waals surface area (Å²) < 4.78 is 0. The Morgan fingerprint density at radius 2 is 1.71 bits per heavy atom. The van der Waals surface area contributed by atoms with Crippen molar-refractivity contribution >= 4 is 5.91 Å². The van der Waals surface area contributed by atoms with Gasteiger partial charge in [0.2, 0.25) is 5.91 Å². The quantitative estimate of drug-likeness (QED) is 0.419. The van der Waals surface area contributed by atoms with E-state index in [2.05, 4.69) is 25.3 Å². The van der Waals surface area contributed by atoms with Gasteiger partial charge in [0.25, 0.3) is 0 Å². The predicted octanol–water partition coefficient (Wildman–Crippen LogP) is 1.30. The highest BCUT2D eigenvalue weighted by atomic mass is 16.2. The smallest absolute Gasteiger partial charge is 0.235 e. The zero-order valence-corrected chi connectivity index (χ0v) is 10.9. The fraction of sp³-hybridized carbons (Fsp3) is 0.462. The summed E-state index contributed by atoms with van der Waals surface area (Å²) in [4.78, 5) is 11.3. The Balaban J connectivity index is 3.16. The van der Waals surface area contributed by atoms with Crippen molar-refractivity contribution in [3.8, 4) is 0 Å². The first-order valence-electron chi connectivity index (χ1n) is 5.70. The van der Waals surface area contributed by atoms with Gasteiger partial charge in [0.15, 0.2) is 0 Å². The van der Waals surface area contributed by atoms with Gasteiger partial charge in [-0.2, -0.15) is 0 Å². The zero-order valence-electron chi connectivity index (χ0n) is 10.9. The zero-order chi connectivity index (χ0) is 13.2. The largest absolute Gasteiger partial charge is 0.324 e. The number of carbonyl (C=O) groups excluding carboxylic acids is 1. The van der Waals surface area contributed by atoms with E-state index in [1.54, 1.807) is 0 Å². The average molecular weight is 235 g/mol. The Bertz CT molecular complexity index is 415. The summed E-state index contributed by atoms with van der Waals surface area (Å²) in [5.74, 6) is 4.84. The van der Waals surface area contributed by atoms with Crippen LogP contribution in [0.3, 0.4) is 0 Å². The van der Waals surface area contributed by atoms with Crippen molar-refractivity contribution in [2.24, 2.45) is 11.6 Å². The van der Waals surface area contributed by atoms with E-state index in [-0.39, 0.29) is 18.4 Å². The number of hydrazine groups is 1. The van der Waals surface area contributed by atoms with Crippen LogP contribution in [0.1, 0.15) is 40.3 Å². The van der Waals surface area contributed by atoms with E-state index < -0.39 is 0 Å². The molecule has 0 aromatic heterocycles. The molecule has 94 valence electrons. The normalized spacial score (nSPS) is 12.4. The number of benzene rings is 1. The molecule has 0 bridgehead atoms. The third-order valence-corrected chi connectivity index (χ3v) is 3.36. The topological polar surface area (TPSA) is 81.1 Å². The SMILES string of the molecule is Cc1cc(C)c(C)c(C(N)CC(=O)NN)c1C. The molecule has 1 atom stereocenters. The minimum atomic E-state index is -0.308. The number of nitrogens with two attached hydrogens (primary N) is 2. The molecule has 1 aromatic carbocycles. The first-order chi connectivity index (χ1) is 7.88. The molecule has 1 unspecified atom stereocenters. The molecule has 0 saturated heterocycles. The monoisotopic (exact) mass is 235 g/mol. The van der Waals surface area contributed by atoms with Crippen molar-refractivity contribution in [1.82, 2.24) is 5.43 Å². The van der Waals surface area contributed by atoms with Crippen LogP contribution in [0.15, 0.2) is 6.07 Å². The summed E-state index contributed by atoms with van der Waals surface area (Å²) in [6.45, 7) is 8.19. The summed E-state index contributed by atoms with van der Waals surface area (Å²) in [6.07, 6.45) is 0.209. The Kier molecular flexibility index (Phi) is 4.26. The lowest BCUT2D eigenvalue weighted by molar-refractivity contribution is -0.121. The van der Waals surface area contributed by atoms with Gasteiger partial charge in [0, 0.05) is 12.5 Å². The summed E-state index contributed by atoms with van der Waals surface area (Å²) in [6, 6.07) is 1.83. The molecule has 0 aliphatic carbocycles. The van der Waals surface area contributed by atoms with Crippen LogP contribution < -0.4 is 17.0 Å². The standard InChI is InChI=1S/C13H21N3O/c1-7-5-8(2)10(4)13(9(7)3)11(14)6-12(17)16-15/h5,11H,6,14-15H2,1-4H3,(H,16,17). The van der Waals surface area contributed by atoms with E-state index >= 15 is 0 Å². The molecule has 4 heteroatoms. The highest BCUT2D eigenvalue weighted by Crippen LogP contribution is 2.27. The van der Waals surface area contributed by atoms with Crippen molar-refractivity contribution in [1.29, 1.82) is 0 Å². The fourth-order valence-electron chi connectivity index (χ4n) is 2.16. The summed E-state index contributed by atoms with van der Waals surface area (Å²) in [7, 11) is 0. The van der Waals surface area contributed by atoms with Gasteiger partial charge in [-0.3, -0.25) is 10.2 Å². The molecule has 0 radical (unpaired) electrons. The minimum Gasteiger partial charge on any atom is -0.324 e. The predicted molar refractivity (Wildman–Crippen MR) is 69.3 cm³/mol. The van der Waals surface area contributed by atoms with Gasteiger partial charge in [0.05, 0.1) is 0 Å². The van der Waals surface area contributed by atoms with Gasteiger partial charge < -0.3 is 5.73 Å². The molecule has 1 rings (SSSR count). The van der Waals surface area contributed by atoms with E-state index in [0.29, 0.717) is 0 Å². The van der Waals surface area contributed by atoms with Gasteiger partial charge in [-0.15, -0.1) is 0 Å². The third kappa shape index (κ3) is 2.84. The summed E-state index contributed by atoms with van der Waals surface area (Å²) in [5, 5.41) is 0. The maximum absolute atomic E-state index is 11.3. The van der Waals surface area contributed by atoms with Crippen LogP contribution in [0.25, 0.3) is 0 Å². The molecule has 4 nitrogen and oxygen atoms in total. The van der Waals surface area contributed by atoms with Crippen LogP contribution >= 0.6 is 0 Å². The molecule has 5 N–H and O–H groups in total. The number of aryl methyl sites for hydroxylation is 2. The van der Waals surface area contributed by atoms with Crippen LogP contribution in [0.5, 0.6) is 0 Å². The Morgan fingerprint density at radius 1 is 1.24 bits per heavy atom. The number of carbonyl (C=O) groups is 1. The highest BCUT2D eigenvalue weighted by Gasteiger charge is 2.17. The Hall–Kier alpha value is -1.39. The van der Waals surface area contributed by atoms with Crippen LogP contribution in [0.4, 0.5) is 0 Å². The fourth-order valence-corrected chi connectivity index (χ4v) is 2.16. The molecule has 1 amide bonds. The van der Waals surface area contributed by atoms with Crippen molar-refractivity contribution < 1.29 is 4.79 Å². The Morgan fingerprint density at radius 3 is 2.12 bits per heavy atom. The second-order valence-electron chi connectivity index (χ2n) is 4.55. The Labute approximate surface area is 102 Å². The lowest BCUT2D eigenvalue weighted by Gasteiger charge is -2.20. The van der Waals surface area contributed by atoms with Crippen LogP contribution in [-0.4, -0.2) is 5.91 Å². The average Bonchev–Trinajstić information content (AvgIpc) is 2.26. The molecule has 0 aliphatic heterocycles. The van der Waals surface area contributed by atoms with Crippen molar-refractivity contribution in [2.75, 3.05) is 0 Å². The molecular formula is C13H21N3O. The van der Waals surface area contributed by atoms with Crippen LogP contribution in [0, 0.1) is 27.7 Å². The first kappa shape index (κ1) is 13.7. The number of amides is 1. The van der Waals surface area contributed by atoms with E-state index in [9.17, 15) is 4.79 Å². The molecule has 0 fully saturated rings. The second kappa shape index (κ2) is 5.29. The molecule has 0 spiro atoms. The lowest BCUT2D eigenvalue weighted by atomic mass is 9.89. The van der Waals surface area contributed by atoms with E-state index in [1.165, 1.54) is 11.1 Å². The lowest BCUT2D eigenvalue weighted by Crippen LogP contribution is -2.33. The van der Waals surface area contributed by atoms with Gasteiger partial charge in [-0.25, -0.2) is 5.84 Å². The van der Waals surface area contributed by atoms with Crippen molar-refractivity contribution in [3.63, 3.8) is 0 Å². The third-order valence-electron chi connectivity index (χ3n) is 3.36. The first-order valence-corrected chi connectivity index (χ1v) is 5.70. The number of hydrogen-bond donors (Lipinski definition) is 3. The number of rotatable bonds is 3.